The fourth-order valence-electron chi connectivity index (χ4n) is 2.67. The lowest BCUT2D eigenvalue weighted by Crippen LogP contribution is -2.49. The van der Waals surface area contributed by atoms with Crippen LogP contribution in [0, 0.1) is 0 Å². The van der Waals surface area contributed by atoms with Crippen molar-refractivity contribution in [3.63, 3.8) is 0 Å². The predicted octanol–water partition coefficient (Wildman–Crippen LogP) is 1.31. The first kappa shape index (κ1) is 11.2. The number of carbonyl (C=O) groups is 1. The van der Waals surface area contributed by atoms with Gasteiger partial charge in [0.2, 0.25) is 5.91 Å². The molecule has 0 saturated carbocycles. The van der Waals surface area contributed by atoms with Gasteiger partial charge >= 0.3 is 0 Å². The van der Waals surface area contributed by atoms with Crippen LogP contribution in [0.2, 0.25) is 0 Å². The number of alkyl halides is 1. The van der Waals surface area contributed by atoms with Crippen LogP contribution in [0.25, 0.3) is 0 Å². The van der Waals surface area contributed by atoms with Crippen LogP contribution in [0.5, 0.6) is 0 Å². The number of amides is 1. The molecule has 2 rings (SSSR count). The highest BCUT2D eigenvalue weighted by Crippen LogP contribution is 2.20. The topological polar surface area (TPSA) is 23.6 Å². The number of hydrogen-bond acceptors (Lipinski definition) is 2. The summed E-state index contributed by atoms with van der Waals surface area (Å²) in [7, 11) is 0. The quantitative estimate of drug-likeness (QED) is 0.668. The summed E-state index contributed by atoms with van der Waals surface area (Å²) in [6, 6.07) is 0.591. The summed E-state index contributed by atoms with van der Waals surface area (Å²) < 4.78 is 0. The highest BCUT2D eigenvalue weighted by Gasteiger charge is 2.28. The van der Waals surface area contributed by atoms with Crippen molar-refractivity contribution in [1.29, 1.82) is 0 Å². The second-order valence-corrected chi connectivity index (χ2v) is 4.78. The molecule has 2 heterocycles. The van der Waals surface area contributed by atoms with Crippen LogP contribution in [-0.4, -0.2) is 53.8 Å². The van der Waals surface area contributed by atoms with Crippen molar-refractivity contribution >= 4 is 17.5 Å². The minimum absolute atomic E-state index is 0.0977. The number of halogens is 1. The van der Waals surface area contributed by atoms with E-state index in [9.17, 15) is 4.79 Å². The Hall–Kier alpha value is -0.280. The summed E-state index contributed by atoms with van der Waals surface area (Å²) >= 11 is 5.59. The molecule has 0 N–H and O–H groups in total. The zero-order chi connectivity index (χ0) is 10.7. The average molecular weight is 231 g/mol. The van der Waals surface area contributed by atoms with Crippen LogP contribution >= 0.6 is 11.6 Å². The Kier molecular flexibility index (Phi) is 3.87. The first-order valence-corrected chi connectivity index (χ1v) is 6.42. The molecule has 0 spiro atoms. The van der Waals surface area contributed by atoms with E-state index in [-0.39, 0.29) is 11.8 Å². The van der Waals surface area contributed by atoms with Crippen molar-refractivity contribution in [3.8, 4) is 0 Å². The van der Waals surface area contributed by atoms with Crippen LogP contribution in [-0.2, 0) is 4.79 Å². The van der Waals surface area contributed by atoms with Crippen molar-refractivity contribution in [3.05, 3.63) is 0 Å². The summed E-state index contributed by atoms with van der Waals surface area (Å²) in [5, 5.41) is 0. The van der Waals surface area contributed by atoms with Crippen LogP contribution in [0.3, 0.4) is 0 Å². The van der Waals surface area contributed by atoms with Gasteiger partial charge in [0.15, 0.2) is 0 Å². The molecule has 3 nitrogen and oxygen atoms in total. The van der Waals surface area contributed by atoms with E-state index in [1.807, 2.05) is 4.90 Å². The number of likely N-dealkylation sites (tertiary alicyclic amines) is 2. The monoisotopic (exact) mass is 230 g/mol. The number of hydrogen-bond donors (Lipinski definition) is 0. The Morgan fingerprint density at radius 1 is 1.20 bits per heavy atom. The second-order valence-electron chi connectivity index (χ2n) is 4.51. The van der Waals surface area contributed by atoms with Crippen LogP contribution < -0.4 is 0 Å². The maximum Gasteiger partial charge on any atom is 0.237 e. The van der Waals surface area contributed by atoms with Crippen molar-refractivity contribution < 1.29 is 4.79 Å². The molecule has 1 unspecified atom stereocenters. The lowest BCUT2D eigenvalue weighted by molar-refractivity contribution is -0.130. The number of carbonyl (C=O) groups excluding carboxylic acids is 1. The number of piperidine rings is 1. The standard InChI is InChI=1S/C11H19ClN2O/c12-8-11(15)14-7-3-4-10(9-14)13-5-1-2-6-13/h10H,1-9H2. The minimum atomic E-state index is 0.0977. The maximum atomic E-state index is 11.5. The molecule has 2 aliphatic rings. The van der Waals surface area contributed by atoms with E-state index in [0.29, 0.717) is 6.04 Å². The van der Waals surface area contributed by atoms with E-state index in [4.69, 9.17) is 11.6 Å². The van der Waals surface area contributed by atoms with Gasteiger partial charge in [-0.15, -0.1) is 11.6 Å². The largest absolute Gasteiger partial charge is 0.340 e. The molecule has 0 aromatic rings. The Labute approximate surface area is 96.4 Å². The van der Waals surface area contributed by atoms with Crippen LogP contribution in [0.1, 0.15) is 25.7 Å². The molecule has 86 valence electrons. The van der Waals surface area contributed by atoms with Gasteiger partial charge in [-0.25, -0.2) is 0 Å². The molecular formula is C11H19ClN2O. The van der Waals surface area contributed by atoms with Gasteiger partial charge in [0.25, 0.3) is 0 Å². The van der Waals surface area contributed by atoms with Gasteiger partial charge in [-0.1, -0.05) is 0 Å². The summed E-state index contributed by atoms with van der Waals surface area (Å²) in [6.07, 6.45) is 5.01. The Morgan fingerprint density at radius 3 is 2.60 bits per heavy atom. The molecule has 0 aromatic carbocycles. The summed E-state index contributed by atoms with van der Waals surface area (Å²) in [5.41, 5.74) is 0. The molecule has 2 saturated heterocycles. The fraction of sp³-hybridized carbons (Fsp3) is 0.909. The van der Waals surface area contributed by atoms with E-state index in [2.05, 4.69) is 4.90 Å². The van der Waals surface area contributed by atoms with Crippen molar-refractivity contribution in [2.75, 3.05) is 32.1 Å². The van der Waals surface area contributed by atoms with Gasteiger partial charge < -0.3 is 4.90 Å². The van der Waals surface area contributed by atoms with Crippen LogP contribution in [0.15, 0.2) is 0 Å². The highest BCUT2D eigenvalue weighted by molar-refractivity contribution is 6.27. The Bertz CT molecular complexity index is 229. The molecule has 0 bridgehead atoms. The van der Waals surface area contributed by atoms with E-state index < -0.39 is 0 Å². The third-order valence-corrected chi connectivity index (χ3v) is 3.75. The van der Waals surface area contributed by atoms with Gasteiger partial charge in [-0.3, -0.25) is 9.69 Å². The normalized spacial score (nSPS) is 28.3. The molecule has 2 aliphatic heterocycles. The van der Waals surface area contributed by atoms with Gasteiger partial charge in [-0.2, -0.15) is 0 Å². The Balaban J connectivity index is 1.88. The van der Waals surface area contributed by atoms with E-state index >= 15 is 0 Å². The summed E-state index contributed by atoms with van der Waals surface area (Å²) in [6.45, 7) is 4.22. The van der Waals surface area contributed by atoms with Crippen molar-refractivity contribution in [2.24, 2.45) is 0 Å². The fourth-order valence-corrected chi connectivity index (χ4v) is 2.84. The predicted molar refractivity (Wildman–Crippen MR) is 61.1 cm³/mol. The molecule has 0 aromatic heterocycles. The third-order valence-electron chi connectivity index (χ3n) is 3.52. The van der Waals surface area contributed by atoms with Crippen molar-refractivity contribution in [1.82, 2.24) is 9.80 Å². The van der Waals surface area contributed by atoms with Gasteiger partial charge in [0.1, 0.15) is 5.88 Å². The molecule has 2 fully saturated rings. The van der Waals surface area contributed by atoms with Gasteiger partial charge in [-0.05, 0) is 38.8 Å². The maximum absolute atomic E-state index is 11.5. The average Bonchev–Trinajstić information content (AvgIpc) is 2.82. The lowest BCUT2D eigenvalue weighted by atomic mass is 10.0. The second kappa shape index (κ2) is 5.17. The molecule has 1 atom stereocenters. The molecule has 15 heavy (non-hydrogen) atoms. The smallest absolute Gasteiger partial charge is 0.237 e. The molecule has 1 amide bonds. The molecule has 0 radical (unpaired) electrons. The zero-order valence-corrected chi connectivity index (χ0v) is 9.88. The van der Waals surface area contributed by atoms with Gasteiger partial charge in [0.05, 0.1) is 0 Å². The van der Waals surface area contributed by atoms with Gasteiger partial charge in [0, 0.05) is 19.1 Å². The summed E-state index contributed by atoms with van der Waals surface area (Å²) in [5.74, 6) is 0.229. The third kappa shape index (κ3) is 2.64. The number of rotatable bonds is 2. The highest BCUT2D eigenvalue weighted by atomic mass is 35.5. The molecule has 4 heteroatoms. The van der Waals surface area contributed by atoms with Crippen LogP contribution in [0.4, 0.5) is 0 Å². The van der Waals surface area contributed by atoms with E-state index in [1.54, 1.807) is 0 Å². The first-order chi connectivity index (χ1) is 7.31. The lowest BCUT2D eigenvalue weighted by Gasteiger charge is -2.37. The Morgan fingerprint density at radius 2 is 1.93 bits per heavy atom. The zero-order valence-electron chi connectivity index (χ0n) is 9.12. The minimum Gasteiger partial charge on any atom is -0.340 e. The summed E-state index contributed by atoms with van der Waals surface area (Å²) in [4.78, 5) is 16.0. The number of nitrogens with zero attached hydrogens (tertiary/aromatic N) is 2. The molecular weight excluding hydrogens is 212 g/mol. The SMILES string of the molecule is O=C(CCl)N1CCCC(N2CCCC2)C1. The molecule has 0 aliphatic carbocycles. The van der Waals surface area contributed by atoms with E-state index in [0.717, 1.165) is 19.5 Å². The van der Waals surface area contributed by atoms with Crippen molar-refractivity contribution in [2.45, 2.75) is 31.7 Å². The van der Waals surface area contributed by atoms with E-state index in [1.165, 1.54) is 32.4 Å². The first-order valence-electron chi connectivity index (χ1n) is 5.89.